The van der Waals surface area contributed by atoms with Crippen molar-refractivity contribution in [1.82, 2.24) is 4.90 Å². The summed E-state index contributed by atoms with van der Waals surface area (Å²) in [7, 11) is 0. The molecule has 0 saturated carbocycles. The number of carboxylic acids is 1. The molecule has 3 aromatic rings. The van der Waals surface area contributed by atoms with E-state index < -0.39 is 11.6 Å². The number of ether oxygens (including phenoxy) is 1. The molecule has 0 spiro atoms. The van der Waals surface area contributed by atoms with E-state index in [0.717, 1.165) is 41.7 Å². The fraction of sp³-hybridized carbons (Fsp3) is 0.333. The second-order valence-electron chi connectivity index (χ2n) is 9.83. The lowest BCUT2D eigenvalue weighted by Crippen LogP contribution is -2.35. The van der Waals surface area contributed by atoms with Gasteiger partial charge >= 0.3 is 5.97 Å². The Bertz CT molecular complexity index is 1240. The van der Waals surface area contributed by atoms with Crippen molar-refractivity contribution in [3.8, 4) is 5.75 Å². The largest absolute Gasteiger partial charge is 0.487 e. The SMILES string of the molecule is CCCCc1ccc(CN(CC(=O)O)C(=O)c2ccc3c(c2)CC(C)(Cc2cccc(Cl)c2)O3)cc1. The number of carbonyl (C=O) groups excluding carboxylic acids is 1. The van der Waals surface area contributed by atoms with Gasteiger partial charge in [-0.1, -0.05) is 61.3 Å². The normalized spacial score (nSPS) is 16.3. The fourth-order valence-corrected chi connectivity index (χ4v) is 5.00. The van der Waals surface area contributed by atoms with Crippen molar-refractivity contribution in [2.45, 2.75) is 58.1 Å². The summed E-state index contributed by atoms with van der Waals surface area (Å²) in [6, 6.07) is 21.2. The molecule has 0 fully saturated rings. The highest BCUT2D eigenvalue weighted by molar-refractivity contribution is 6.30. The molecule has 1 aliphatic rings. The first-order valence-electron chi connectivity index (χ1n) is 12.4. The zero-order valence-electron chi connectivity index (χ0n) is 20.8. The maximum Gasteiger partial charge on any atom is 0.323 e. The molecule has 5 nitrogen and oxygen atoms in total. The number of benzene rings is 3. The number of carboxylic acid groups (broad SMARTS) is 1. The van der Waals surface area contributed by atoms with Crippen LogP contribution in [0.2, 0.25) is 5.02 Å². The molecule has 4 rings (SSSR count). The van der Waals surface area contributed by atoms with Gasteiger partial charge in [-0.3, -0.25) is 9.59 Å². The van der Waals surface area contributed by atoms with Crippen molar-refractivity contribution in [3.05, 3.63) is 99.6 Å². The molecule has 6 heteroatoms. The van der Waals surface area contributed by atoms with Crippen LogP contribution in [0.5, 0.6) is 5.75 Å². The van der Waals surface area contributed by atoms with Crippen molar-refractivity contribution < 1.29 is 19.4 Å². The van der Waals surface area contributed by atoms with E-state index in [2.05, 4.69) is 26.0 Å². The molecule has 1 N–H and O–H groups in total. The highest BCUT2D eigenvalue weighted by atomic mass is 35.5. The predicted molar refractivity (Wildman–Crippen MR) is 142 cm³/mol. The average molecular weight is 506 g/mol. The molecule has 0 bridgehead atoms. The van der Waals surface area contributed by atoms with Gasteiger partial charge in [0.15, 0.2) is 0 Å². The number of nitrogens with zero attached hydrogens (tertiary/aromatic N) is 1. The number of halogens is 1. The van der Waals surface area contributed by atoms with Crippen molar-refractivity contribution in [3.63, 3.8) is 0 Å². The summed E-state index contributed by atoms with van der Waals surface area (Å²) in [5, 5.41) is 10.1. The van der Waals surface area contributed by atoms with Crippen LogP contribution in [0.3, 0.4) is 0 Å². The third-order valence-electron chi connectivity index (χ3n) is 6.52. The highest BCUT2D eigenvalue weighted by Crippen LogP contribution is 2.38. The van der Waals surface area contributed by atoms with E-state index in [1.807, 2.05) is 48.5 Å². The number of aryl methyl sites for hydroxylation is 1. The molecule has 0 saturated heterocycles. The van der Waals surface area contributed by atoms with Crippen LogP contribution >= 0.6 is 11.6 Å². The van der Waals surface area contributed by atoms with Crippen LogP contribution in [-0.4, -0.2) is 34.0 Å². The predicted octanol–water partition coefficient (Wildman–Crippen LogP) is 6.35. The first kappa shape index (κ1) is 25.8. The number of aliphatic carboxylic acids is 1. The number of unbranched alkanes of at least 4 members (excludes halogenated alkanes) is 1. The standard InChI is InChI=1S/C30H32ClNO4/c1-3-4-6-21-9-11-22(12-10-21)19-32(20-28(33)34)29(35)24-13-14-27-25(16-24)18-30(2,36-27)17-23-7-5-8-26(31)15-23/h5,7-16H,3-4,6,17-20H2,1-2H3,(H,33,34). The van der Waals surface area contributed by atoms with E-state index in [4.69, 9.17) is 16.3 Å². The van der Waals surface area contributed by atoms with Gasteiger partial charge in [-0.05, 0) is 72.4 Å². The second kappa shape index (κ2) is 11.2. The molecular weight excluding hydrogens is 474 g/mol. The summed E-state index contributed by atoms with van der Waals surface area (Å²) in [6.45, 7) is 4.08. The number of carbonyl (C=O) groups is 2. The lowest BCUT2D eigenvalue weighted by Gasteiger charge is -2.24. The average Bonchev–Trinajstić information content (AvgIpc) is 3.17. The molecule has 1 aliphatic heterocycles. The van der Waals surface area contributed by atoms with E-state index in [9.17, 15) is 14.7 Å². The number of amides is 1. The van der Waals surface area contributed by atoms with Crippen LogP contribution in [0.4, 0.5) is 0 Å². The number of rotatable bonds is 10. The zero-order valence-corrected chi connectivity index (χ0v) is 21.6. The Kier molecular flexibility index (Phi) is 8.00. The molecule has 1 unspecified atom stereocenters. The van der Waals surface area contributed by atoms with Crippen molar-refractivity contribution in [2.75, 3.05) is 6.54 Å². The molecule has 188 valence electrons. The monoisotopic (exact) mass is 505 g/mol. The summed E-state index contributed by atoms with van der Waals surface area (Å²) in [4.78, 5) is 26.3. The Morgan fingerprint density at radius 1 is 1.03 bits per heavy atom. The minimum absolute atomic E-state index is 0.235. The second-order valence-corrected chi connectivity index (χ2v) is 10.3. The van der Waals surface area contributed by atoms with Gasteiger partial charge in [-0.15, -0.1) is 0 Å². The van der Waals surface area contributed by atoms with Gasteiger partial charge in [0.2, 0.25) is 0 Å². The number of hydrogen-bond acceptors (Lipinski definition) is 3. The van der Waals surface area contributed by atoms with Crippen molar-refractivity contribution >= 4 is 23.5 Å². The Morgan fingerprint density at radius 2 is 1.78 bits per heavy atom. The van der Waals surface area contributed by atoms with Crippen LogP contribution < -0.4 is 4.74 Å². The van der Waals surface area contributed by atoms with Crippen LogP contribution in [-0.2, 0) is 30.6 Å². The van der Waals surface area contributed by atoms with Gasteiger partial charge in [0.25, 0.3) is 5.91 Å². The van der Waals surface area contributed by atoms with Crippen LogP contribution in [0.25, 0.3) is 0 Å². The van der Waals surface area contributed by atoms with Gasteiger partial charge in [0.1, 0.15) is 17.9 Å². The van der Waals surface area contributed by atoms with E-state index in [-0.39, 0.29) is 19.0 Å². The lowest BCUT2D eigenvalue weighted by atomic mass is 9.91. The van der Waals surface area contributed by atoms with Gasteiger partial charge in [0.05, 0.1) is 0 Å². The summed E-state index contributed by atoms with van der Waals surface area (Å²) in [5.41, 5.74) is 4.20. The molecule has 0 aliphatic carbocycles. The van der Waals surface area contributed by atoms with E-state index in [0.29, 0.717) is 23.4 Å². The lowest BCUT2D eigenvalue weighted by molar-refractivity contribution is -0.137. The van der Waals surface area contributed by atoms with Gasteiger partial charge < -0.3 is 14.7 Å². The Labute approximate surface area is 217 Å². The molecule has 3 aromatic carbocycles. The highest BCUT2D eigenvalue weighted by Gasteiger charge is 2.35. The van der Waals surface area contributed by atoms with E-state index >= 15 is 0 Å². The third kappa shape index (κ3) is 6.46. The Hall–Kier alpha value is -3.31. The first-order chi connectivity index (χ1) is 17.2. The van der Waals surface area contributed by atoms with Gasteiger partial charge in [0, 0.05) is 30.0 Å². The molecular formula is C30H32ClNO4. The minimum Gasteiger partial charge on any atom is -0.487 e. The summed E-state index contributed by atoms with van der Waals surface area (Å²) in [6.07, 6.45) is 4.61. The zero-order chi connectivity index (χ0) is 25.7. The third-order valence-corrected chi connectivity index (χ3v) is 6.76. The van der Waals surface area contributed by atoms with Crippen molar-refractivity contribution in [1.29, 1.82) is 0 Å². The molecule has 1 amide bonds. The van der Waals surface area contributed by atoms with Gasteiger partial charge in [-0.2, -0.15) is 0 Å². The number of hydrogen-bond donors (Lipinski definition) is 1. The number of fused-ring (bicyclic) bond motifs is 1. The smallest absolute Gasteiger partial charge is 0.323 e. The minimum atomic E-state index is -1.04. The molecule has 1 heterocycles. The van der Waals surface area contributed by atoms with Crippen LogP contribution in [0.15, 0.2) is 66.7 Å². The van der Waals surface area contributed by atoms with E-state index in [1.165, 1.54) is 10.5 Å². The van der Waals surface area contributed by atoms with Crippen LogP contribution in [0, 0.1) is 0 Å². The molecule has 0 aromatic heterocycles. The van der Waals surface area contributed by atoms with Gasteiger partial charge in [-0.25, -0.2) is 0 Å². The maximum absolute atomic E-state index is 13.4. The topological polar surface area (TPSA) is 66.8 Å². The summed E-state index contributed by atoms with van der Waals surface area (Å²) >= 11 is 6.15. The Morgan fingerprint density at radius 3 is 2.47 bits per heavy atom. The van der Waals surface area contributed by atoms with Crippen LogP contribution in [0.1, 0.15) is 59.3 Å². The quantitative estimate of drug-likeness (QED) is 0.349. The molecule has 36 heavy (non-hydrogen) atoms. The summed E-state index contributed by atoms with van der Waals surface area (Å²) in [5.74, 6) is -0.594. The Balaban J connectivity index is 1.48. The summed E-state index contributed by atoms with van der Waals surface area (Å²) < 4.78 is 6.27. The first-order valence-corrected chi connectivity index (χ1v) is 12.8. The van der Waals surface area contributed by atoms with E-state index in [1.54, 1.807) is 6.07 Å². The molecule has 1 atom stereocenters. The fourth-order valence-electron chi connectivity index (χ4n) is 4.79. The molecule has 0 radical (unpaired) electrons. The maximum atomic E-state index is 13.4. The van der Waals surface area contributed by atoms with Crippen molar-refractivity contribution in [2.24, 2.45) is 0 Å².